The number of carboxylic acids is 1. The zero-order chi connectivity index (χ0) is 23.3. The largest absolute Gasteiger partial charge is 0.481 e. The Bertz CT molecular complexity index is 804. The highest BCUT2D eigenvalue weighted by molar-refractivity contribution is 6.22. The lowest BCUT2D eigenvalue weighted by Gasteiger charge is -2.13. The second-order valence-corrected chi connectivity index (χ2v) is 7.84. The summed E-state index contributed by atoms with van der Waals surface area (Å²) in [7, 11) is 0. The van der Waals surface area contributed by atoms with Crippen LogP contribution in [0, 0.1) is 0 Å². The maximum Gasteiger partial charge on any atom is 0.303 e. The number of unbranched alkanes of at least 4 members (excludes halogenated alkanes) is 7. The van der Waals surface area contributed by atoms with Crippen molar-refractivity contribution in [3.05, 3.63) is 35.4 Å². The topological polar surface area (TPSA) is 133 Å². The Hall–Kier alpha value is -3.23. The van der Waals surface area contributed by atoms with E-state index in [1.807, 2.05) is 0 Å². The molecule has 1 aliphatic rings. The van der Waals surface area contributed by atoms with Crippen molar-refractivity contribution in [2.45, 2.75) is 57.8 Å². The van der Waals surface area contributed by atoms with Gasteiger partial charge in [-0.05, 0) is 25.0 Å². The maximum absolute atomic E-state index is 12.2. The summed E-state index contributed by atoms with van der Waals surface area (Å²) in [4.78, 5) is 59.7. The average Bonchev–Trinajstić information content (AvgIpc) is 3.01. The Balaban J connectivity index is 1.49. The molecule has 0 radical (unpaired) electrons. The predicted octanol–water partition coefficient (Wildman–Crippen LogP) is 2.11. The molecule has 9 nitrogen and oxygen atoms in total. The number of nitrogens with one attached hydrogen (secondary N) is 2. The summed E-state index contributed by atoms with van der Waals surface area (Å²) in [5.41, 5.74) is 0.558. The minimum Gasteiger partial charge on any atom is -0.481 e. The van der Waals surface area contributed by atoms with E-state index in [9.17, 15) is 24.0 Å². The number of hydrogen-bond acceptors (Lipinski definition) is 5. The molecule has 9 heteroatoms. The van der Waals surface area contributed by atoms with Gasteiger partial charge in [-0.2, -0.15) is 0 Å². The van der Waals surface area contributed by atoms with Crippen LogP contribution in [0.4, 0.5) is 0 Å². The molecule has 1 aliphatic heterocycles. The lowest BCUT2D eigenvalue weighted by Crippen LogP contribution is -2.43. The third-order valence-corrected chi connectivity index (χ3v) is 5.27. The van der Waals surface area contributed by atoms with Crippen LogP contribution >= 0.6 is 0 Å². The maximum atomic E-state index is 12.2. The number of imide groups is 1. The molecule has 2 rings (SSSR count). The van der Waals surface area contributed by atoms with Crippen LogP contribution in [0.1, 0.15) is 78.5 Å². The Morgan fingerprint density at radius 3 is 1.84 bits per heavy atom. The quantitative estimate of drug-likeness (QED) is 0.280. The van der Waals surface area contributed by atoms with Gasteiger partial charge in [0.05, 0.1) is 17.7 Å². The van der Waals surface area contributed by atoms with Crippen molar-refractivity contribution in [2.75, 3.05) is 19.6 Å². The number of fused-ring (bicyclic) bond motifs is 1. The summed E-state index contributed by atoms with van der Waals surface area (Å²) in [6, 6.07) is 6.40. The summed E-state index contributed by atoms with van der Waals surface area (Å²) < 4.78 is 0. The Kier molecular flexibility index (Phi) is 10.4. The smallest absolute Gasteiger partial charge is 0.303 e. The lowest BCUT2D eigenvalue weighted by molar-refractivity contribution is -0.137. The third kappa shape index (κ3) is 8.13. The molecule has 0 bridgehead atoms. The summed E-state index contributed by atoms with van der Waals surface area (Å²) >= 11 is 0. The van der Waals surface area contributed by atoms with Crippen molar-refractivity contribution in [2.24, 2.45) is 0 Å². The first kappa shape index (κ1) is 25.0. The average molecular weight is 446 g/mol. The molecule has 32 heavy (non-hydrogen) atoms. The molecule has 0 saturated heterocycles. The molecule has 0 atom stereocenters. The number of rotatable bonds is 15. The fourth-order valence-corrected chi connectivity index (χ4v) is 3.51. The van der Waals surface area contributed by atoms with E-state index in [4.69, 9.17) is 5.11 Å². The van der Waals surface area contributed by atoms with Crippen LogP contribution in [0.15, 0.2) is 24.3 Å². The molecule has 1 aromatic rings. The minimum absolute atomic E-state index is 0.210. The monoisotopic (exact) mass is 445 g/mol. The van der Waals surface area contributed by atoms with Gasteiger partial charge in [-0.15, -0.1) is 0 Å². The second-order valence-electron chi connectivity index (χ2n) is 7.84. The molecule has 0 aromatic heterocycles. The first-order valence-corrected chi connectivity index (χ1v) is 11.1. The van der Waals surface area contributed by atoms with E-state index < -0.39 is 30.2 Å². The Labute approximate surface area is 187 Å². The minimum atomic E-state index is -0.741. The number of carbonyl (C=O) groups excluding carboxylic acids is 4. The summed E-state index contributed by atoms with van der Waals surface area (Å²) in [6.07, 6.45) is 8.03. The van der Waals surface area contributed by atoms with Crippen LogP contribution in [0.2, 0.25) is 0 Å². The van der Waals surface area contributed by atoms with Gasteiger partial charge < -0.3 is 15.7 Å². The first-order valence-electron chi connectivity index (χ1n) is 11.1. The standard InChI is InChI=1S/C23H31N3O6/c27-19(24-14-10-6-4-2-1-3-5-7-13-21(29)30)15-25-20(28)16-26-22(31)17-11-8-9-12-18(17)23(26)32/h8-9,11-12H,1-7,10,13-16H2,(H,24,27)(H,25,28)(H,29,30). The summed E-state index contributed by atoms with van der Waals surface area (Å²) in [5, 5.41) is 13.7. The van der Waals surface area contributed by atoms with Gasteiger partial charge in [-0.1, -0.05) is 50.7 Å². The van der Waals surface area contributed by atoms with E-state index in [2.05, 4.69) is 10.6 Å². The van der Waals surface area contributed by atoms with Gasteiger partial charge in [-0.3, -0.25) is 28.9 Å². The SMILES string of the molecule is O=C(O)CCCCCCCCCCNC(=O)CNC(=O)CN1C(=O)c2ccccc2C1=O. The molecule has 0 aliphatic carbocycles. The van der Waals surface area contributed by atoms with E-state index in [1.54, 1.807) is 24.3 Å². The Morgan fingerprint density at radius 1 is 0.750 bits per heavy atom. The van der Waals surface area contributed by atoms with Crippen molar-refractivity contribution in [1.82, 2.24) is 15.5 Å². The highest BCUT2D eigenvalue weighted by Crippen LogP contribution is 2.21. The zero-order valence-electron chi connectivity index (χ0n) is 18.2. The fraction of sp³-hybridized carbons (Fsp3) is 0.522. The highest BCUT2D eigenvalue weighted by atomic mass is 16.4. The van der Waals surface area contributed by atoms with Crippen molar-refractivity contribution in [3.63, 3.8) is 0 Å². The molecular weight excluding hydrogens is 414 g/mol. The lowest BCUT2D eigenvalue weighted by atomic mass is 10.1. The van der Waals surface area contributed by atoms with E-state index in [0.717, 1.165) is 56.3 Å². The zero-order valence-corrected chi connectivity index (χ0v) is 18.2. The third-order valence-electron chi connectivity index (χ3n) is 5.27. The van der Waals surface area contributed by atoms with Crippen molar-refractivity contribution in [1.29, 1.82) is 0 Å². The van der Waals surface area contributed by atoms with E-state index in [0.29, 0.717) is 6.54 Å². The van der Waals surface area contributed by atoms with Gasteiger partial charge in [0.1, 0.15) is 6.54 Å². The summed E-state index contributed by atoms with van der Waals surface area (Å²) in [6.45, 7) is -0.111. The number of nitrogens with zero attached hydrogens (tertiary/aromatic N) is 1. The van der Waals surface area contributed by atoms with Crippen molar-refractivity contribution >= 4 is 29.6 Å². The molecule has 3 N–H and O–H groups in total. The molecule has 4 amide bonds. The summed E-state index contributed by atoms with van der Waals surface area (Å²) in [5.74, 6) is -2.65. The number of carbonyl (C=O) groups is 5. The van der Waals surface area contributed by atoms with Gasteiger partial charge in [0, 0.05) is 13.0 Å². The van der Waals surface area contributed by atoms with Crippen LogP contribution < -0.4 is 10.6 Å². The molecule has 0 saturated carbocycles. The van der Waals surface area contributed by atoms with Gasteiger partial charge in [0.15, 0.2) is 0 Å². The van der Waals surface area contributed by atoms with Gasteiger partial charge >= 0.3 is 5.97 Å². The van der Waals surface area contributed by atoms with Crippen LogP contribution in [0.25, 0.3) is 0 Å². The van der Waals surface area contributed by atoms with Gasteiger partial charge in [-0.25, -0.2) is 0 Å². The second kappa shape index (κ2) is 13.2. The van der Waals surface area contributed by atoms with Crippen LogP contribution in [0.5, 0.6) is 0 Å². The molecular formula is C23H31N3O6. The number of aliphatic carboxylic acids is 1. The van der Waals surface area contributed by atoms with Gasteiger partial charge in [0.2, 0.25) is 11.8 Å². The predicted molar refractivity (Wildman–Crippen MR) is 117 cm³/mol. The van der Waals surface area contributed by atoms with Crippen molar-refractivity contribution < 1.29 is 29.1 Å². The van der Waals surface area contributed by atoms with Crippen LogP contribution in [-0.4, -0.2) is 59.2 Å². The van der Waals surface area contributed by atoms with Crippen LogP contribution in [-0.2, 0) is 14.4 Å². The number of benzene rings is 1. The van der Waals surface area contributed by atoms with E-state index in [1.165, 1.54) is 0 Å². The highest BCUT2D eigenvalue weighted by Gasteiger charge is 2.36. The fourth-order valence-electron chi connectivity index (χ4n) is 3.51. The molecule has 1 heterocycles. The van der Waals surface area contributed by atoms with E-state index in [-0.39, 0.29) is 30.0 Å². The number of amides is 4. The molecule has 0 unspecified atom stereocenters. The number of hydrogen-bond donors (Lipinski definition) is 3. The Morgan fingerprint density at radius 2 is 1.28 bits per heavy atom. The molecule has 1 aromatic carbocycles. The number of carboxylic acid groups (broad SMARTS) is 1. The molecule has 0 spiro atoms. The molecule has 0 fully saturated rings. The molecule has 174 valence electrons. The normalized spacial score (nSPS) is 12.6. The van der Waals surface area contributed by atoms with E-state index >= 15 is 0 Å². The van der Waals surface area contributed by atoms with Gasteiger partial charge in [0.25, 0.3) is 11.8 Å². The van der Waals surface area contributed by atoms with Crippen LogP contribution in [0.3, 0.4) is 0 Å². The first-order chi connectivity index (χ1) is 15.4. The van der Waals surface area contributed by atoms with Crippen molar-refractivity contribution in [3.8, 4) is 0 Å².